The molecule has 0 heterocycles. The number of nitrogens with one attached hydrogen (secondary N) is 1. The zero-order chi connectivity index (χ0) is 14.5. The van der Waals surface area contributed by atoms with Gasteiger partial charge in [0.05, 0.1) is 17.3 Å². The standard InChI is InChI=1S/C15H13Cl2NO2/c1-20-9-10-3-2-4-11(7-10)15(19)18-14-8-12(16)5-6-13(14)17/h2-8H,9H2,1H3,(H,18,19). The second-order valence-corrected chi connectivity index (χ2v) is 5.06. The van der Waals surface area contributed by atoms with Gasteiger partial charge in [-0.3, -0.25) is 4.79 Å². The molecular formula is C15H13Cl2NO2. The van der Waals surface area contributed by atoms with Gasteiger partial charge in [-0.05, 0) is 35.9 Å². The lowest BCUT2D eigenvalue weighted by molar-refractivity contribution is 0.102. The molecule has 5 heteroatoms. The van der Waals surface area contributed by atoms with Crippen LogP contribution in [0.5, 0.6) is 0 Å². The topological polar surface area (TPSA) is 38.3 Å². The number of halogens is 2. The average Bonchev–Trinajstić information content (AvgIpc) is 2.43. The van der Waals surface area contributed by atoms with Gasteiger partial charge in [-0.25, -0.2) is 0 Å². The highest BCUT2D eigenvalue weighted by molar-refractivity contribution is 6.35. The highest BCUT2D eigenvalue weighted by Gasteiger charge is 2.09. The van der Waals surface area contributed by atoms with Crippen molar-refractivity contribution in [3.05, 3.63) is 63.6 Å². The van der Waals surface area contributed by atoms with E-state index in [4.69, 9.17) is 27.9 Å². The van der Waals surface area contributed by atoms with E-state index in [0.29, 0.717) is 27.9 Å². The Labute approximate surface area is 127 Å². The Bertz CT molecular complexity index is 629. The Hall–Kier alpha value is -1.55. The maximum atomic E-state index is 12.2. The van der Waals surface area contributed by atoms with Crippen molar-refractivity contribution in [2.24, 2.45) is 0 Å². The summed E-state index contributed by atoms with van der Waals surface area (Å²) in [6.07, 6.45) is 0. The fourth-order valence-electron chi connectivity index (χ4n) is 1.76. The van der Waals surface area contributed by atoms with Crippen LogP contribution in [0.15, 0.2) is 42.5 Å². The van der Waals surface area contributed by atoms with Gasteiger partial charge in [0.15, 0.2) is 0 Å². The first kappa shape index (κ1) is 14.9. The van der Waals surface area contributed by atoms with Crippen molar-refractivity contribution in [2.75, 3.05) is 12.4 Å². The molecule has 0 aromatic heterocycles. The van der Waals surface area contributed by atoms with Crippen molar-refractivity contribution in [3.63, 3.8) is 0 Å². The van der Waals surface area contributed by atoms with Crippen molar-refractivity contribution >= 4 is 34.8 Å². The van der Waals surface area contributed by atoms with Crippen LogP contribution in [0.2, 0.25) is 10.0 Å². The third-order valence-corrected chi connectivity index (χ3v) is 3.24. The first-order valence-electron chi connectivity index (χ1n) is 5.94. The fraction of sp³-hybridized carbons (Fsp3) is 0.133. The van der Waals surface area contributed by atoms with E-state index in [2.05, 4.69) is 5.32 Å². The van der Waals surface area contributed by atoms with Gasteiger partial charge >= 0.3 is 0 Å². The monoisotopic (exact) mass is 309 g/mol. The van der Waals surface area contributed by atoms with E-state index in [1.807, 2.05) is 12.1 Å². The Morgan fingerprint density at radius 1 is 1.20 bits per heavy atom. The van der Waals surface area contributed by atoms with Gasteiger partial charge in [-0.15, -0.1) is 0 Å². The van der Waals surface area contributed by atoms with E-state index in [1.165, 1.54) is 0 Å². The minimum Gasteiger partial charge on any atom is -0.380 e. The second-order valence-electron chi connectivity index (χ2n) is 4.21. The maximum Gasteiger partial charge on any atom is 0.255 e. The van der Waals surface area contributed by atoms with E-state index in [0.717, 1.165) is 5.56 Å². The lowest BCUT2D eigenvalue weighted by atomic mass is 10.1. The summed E-state index contributed by atoms with van der Waals surface area (Å²) in [7, 11) is 1.61. The maximum absolute atomic E-state index is 12.2. The van der Waals surface area contributed by atoms with Gasteiger partial charge in [-0.1, -0.05) is 35.3 Å². The number of hydrogen-bond donors (Lipinski definition) is 1. The molecule has 0 aliphatic rings. The number of anilines is 1. The summed E-state index contributed by atoms with van der Waals surface area (Å²) in [5.74, 6) is -0.243. The molecule has 0 atom stereocenters. The van der Waals surface area contributed by atoms with Crippen molar-refractivity contribution in [3.8, 4) is 0 Å². The lowest BCUT2D eigenvalue weighted by Crippen LogP contribution is -2.12. The Morgan fingerprint density at radius 3 is 2.75 bits per heavy atom. The number of amides is 1. The van der Waals surface area contributed by atoms with Crippen LogP contribution in [-0.4, -0.2) is 13.0 Å². The van der Waals surface area contributed by atoms with Crippen molar-refractivity contribution in [1.82, 2.24) is 0 Å². The molecule has 0 fully saturated rings. The minimum absolute atomic E-state index is 0.243. The van der Waals surface area contributed by atoms with Gasteiger partial charge in [0.1, 0.15) is 0 Å². The van der Waals surface area contributed by atoms with Crippen molar-refractivity contribution < 1.29 is 9.53 Å². The zero-order valence-electron chi connectivity index (χ0n) is 10.8. The Kier molecular flexibility index (Phi) is 5.01. The van der Waals surface area contributed by atoms with Crippen LogP contribution >= 0.6 is 23.2 Å². The zero-order valence-corrected chi connectivity index (χ0v) is 12.3. The third-order valence-electron chi connectivity index (χ3n) is 2.68. The number of rotatable bonds is 4. The first-order chi connectivity index (χ1) is 9.60. The number of carbonyl (C=O) groups excluding carboxylic acids is 1. The molecule has 1 N–H and O–H groups in total. The summed E-state index contributed by atoms with van der Waals surface area (Å²) in [5, 5.41) is 3.69. The minimum atomic E-state index is -0.243. The van der Waals surface area contributed by atoms with Crippen LogP contribution in [0, 0.1) is 0 Å². The normalized spacial score (nSPS) is 10.3. The molecule has 0 radical (unpaired) electrons. The molecule has 0 bridgehead atoms. The quantitative estimate of drug-likeness (QED) is 0.909. The number of benzene rings is 2. The molecular weight excluding hydrogens is 297 g/mol. The summed E-state index contributed by atoms with van der Waals surface area (Å²) in [5.41, 5.74) is 1.95. The lowest BCUT2D eigenvalue weighted by Gasteiger charge is -2.08. The molecule has 0 saturated carbocycles. The summed E-state index contributed by atoms with van der Waals surface area (Å²) in [4.78, 5) is 12.2. The molecule has 0 unspecified atom stereocenters. The van der Waals surface area contributed by atoms with Crippen LogP contribution < -0.4 is 5.32 Å². The second kappa shape index (κ2) is 6.75. The van der Waals surface area contributed by atoms with E-state index in [-0.39, 0.29) is 5.91 Å². The molecule has 3 nitrogen and oxygen atoms in total. The third kappa shape index (κ3) is 3.73. The summed E-state index contributed by atoms with van der Waals surface area (Å²) in [6, 6.07) is 12.1. The summed E-state index contributed by atoms with van der Waals surface area (Å²) in [6.45, 7) is 0.457. The van der Waals surface area contributed by atoms with E-state index < -0.39 is 0 Å². The molecule has 1 amide bonds. The number of hydrogen-bond acceptors (Lipinski definition) is 2. The Morgan fingerprint density at radius 2 is 2.00 bits per heavy atom. The smallest absolute Gasteiger partial charge is 0.255 e. The summed E-state index contributed by atoms with van der Waals surface area (Å²) >= 11 is 11.9. The van der Waals surface area contributed by atoms with Gasteiger partial charge < -0.3 is 10.1 Å². The molecule has 104 valence electrons. The number of methoxy groups -OCH3 is 1. The molecule has 0 saturated heterocycles. The van der Waals surface area contributed by atoms with Crippen molar-refractivity contribution in [1.29, 1.82) is 0 Å². The van der Waals surface area contributed by atoms with Crippen LogP contribution in [0.1, 0.15) is 15.9 Å². The number of carbonyl (C=O) groups is 1. The molecule has 2 aromatic carbocycles. The molecule has 0 spiro atoms. The first-order valence-corrected chi connectivity index (χ1v) is 6.70. The Balaban J connectivity index is 2.19. The van der Waals surface area contributed by atoms with Gasteiger partial charge in [0, 0.05) is 17.7 Å². The largest absolute Gasteiger partial charge is 0.380 e. The van der Waals surface area contributed by atoms with E-state index >= 15 is 0 Å². The summed E-state index contributed by atoms with van der Waals surface area (Å²) < 4.78 is 5.05. The predicted octanol–water partition coefficient (Wildman–Crippen LogP) is 4.39. The van der Waals surface area contributed by atoms with Gasteiger partial charge in [0.2, 0.25) is 0 Å². The van der Waals surface area contributed by atoms with Crippen LogP contribution in [-0.2, 0) is 11.3 Å². The molecule has 0 aliphatic carbocycles. The van der Waals surface area contributed by atoms with Crippen LogP contribution in [0.4, 0.5) is 5.69 Å². The van der Waals surface area contributed by atoms with Crippen molar-refractivity contribution in [2.45, 2.75) is 6.61 Å². The van der Waals surface area contributed by atoms with Gasteiger partial charge in [-0.2, -0.15) is 0 Å². The fourth-order valence-corrected chi connectivity index (χ4v) is 2.09. The molecule has 20 heavy (non-hydrogen) atoms. The van der Waals surface area contributed by atoms with E-state index in [1.54, 1.807) is 37.4 Å². The van der Waals surface area contributed by atoms with E-state index in [9.17, 15) is 4.79 Å². The van der Waals surface area contributed by atoms with Gasteiger partial charge in [0.25, 0.3) is 5.91 Å². The SMILES string of the molecule is COCc1cccc(C(=O)Nc2cc(Cl)ccc2Cl)c1. The molecule has 2 aromatic rings. The van der Waals surface area contributed by atoms with Crippen LogP contribution in [0.3, 0.4) is 0 Å². The molecule has 0 aliphatic heterocycles. The number of ether oxygens (including phenoxy) is 1. The average molecular weight is 310 g/mol. The van der Waals surface area contributed by atoms with Crippen LogP contribution in [0.25, 0.3) is 0 Å². The molecule has 2 rings (SSSR count). The highest BCUT2D eigenvalue weighted by atomic mass is 35.5. The highest BCUT2D eigenvalue weighted by Crippen LogP contribution is 2.25. The predicted molar refractivity (Wildman–Crippen MR) is 81.6 cm³/mol.